The van der Waals surface area contributed by atoms with Gasteiger partial charge in [-0.15, -0.1) is 0 Å². The lowest BCUT2D eigenvalue weighted by Gasteiger charge is -2.15. The van der Waals surface area contributed by atoms with Gasteiger partial charge >= 0.3 is 11.7 Å². The van der Waals surface area contributed by atoms with Gasteiger partial charge in [0.1, 0.15) is 6.04 Å². The van der Waals surface area contributed by atoms with Crippen molar-refractivity contribution in [2.24, 2.45) is 0 Å². The van der Waals surface area contributed by atoms with Crippen LogP contribution < -0.4 is 5.32 Å². The van der Waals surface area contributed by atoms with Gasteiger partial charge in [0.25, 0.3) is 0 Å². The van der Waals surface area contributed by atoms with Crippen molar-refractivity contribution in [1.29, 1.82) is 0 Å². The molecule has 0 amide bonds. The van der Waals surface area contributed by atoms with E-state index in [-0.39, 0.29) is 23.1 Å². The molecule has 2 aromatic carbocycles. The van der Waals surface area contributed by atoms with E-state index in [4.69, 9.17) is 0 Å². The molecule has 9 heteroatoms. The van der Waals surface area contributed by atoms with Gasteiger partial charge in [-0.3, -0.25) is 10.1 Å². The lowest BCUT2D eigenvalue weighted by atomic mass is 10.1. The molecule has 0 radical (unpaired) electrons. The van der Waals surface area contributed by atoms with Gasteiger partial charge in [-0.25, -0.2) is 9.42 Å². The monoisotopic (exact) mass is 328 g/mol. The SMILES string of the molecule is O=C(O)[C@H](Cc1ccccc1)Nc1ccc([N+](=O)[O-])c2nonc12. The fourth-order valence-corrected chi connectivity index (χ4v) is 2.35. The number of nitrogens with zero attached hydrogens (tertiary/aromatic N) is 3. The summed E-state index contributed by atoms with van der Waals surface area (Å²) in [5.74, 6) is -1.05. The smallest absolute Gasteiger partial charge is 0.326 e. The normalized spacial score (nSPS) is 12.0. The van der Waals surface area contributed by atoms with Crippen molar-refractivity contribution in [3.8, 4) is 0 Å². The maximum atomic E-state index is 11.5. The van der Waals surface area contributed by atoms with E-state index in [2.05, 4.69) is 20.3 Å². The molecule has 1 aromatic heterocycles. The van der Waals surface area contributed by atoms with Gasteiger partial charge in [0.15, 0.2) is 5.52 Å². The standard InChI is InChI=1S/C15H12N4O5/c20-15(21)11(8-9-4-2-1-3-5-9)16-10-6-7-12(19(22)23)14-13(10)17-24-18-14/h1-7,11,16H,8H2,(H,20,21)/t11-/m0/s1. The van der Waals surface area contributed by atoms with Crippen LogP contribution >= 0.6 is 0 Å². The molecule has 0 aliphatic heterocycles. The van der Waals surface area contributed by atoms with Gasteiger partial charge in [0.2, 0.25) is 5.52 Å². The lowest BCUT2D eigenvalue weighted by molar-refractivity contribution is -0.383. The van der Waals surface area contributed by atoms with Gasteiger partial charge < -0.3 is 10.4 Å². The molecule has 24 heavy (non-hydrogen) atoms. The van der Waals surface area contributed by atoms with Crippen molar-refractivity contribution in [3.63, 3.8) is 0 Å². The number of rotatable bonds is 6. The number of nitro groups is 1. The molecule has 9 nitrogen and oxygen atoms in total. The van der Waals surface area contributed by atoms with Crippen LogP contribution in [0, 0.1) is 10.1 Å². The first-order chi connectivity index (χ1) is 11.6. The first kappa shape index (κ1) is 15.4. The summed E-state index contributed by atoms with van der Waals surface area (Å²) in [6.45, 7) is 0. The average Bonchev–Trinajstić information content (AvgIpc) is 3.04. The Bertz CT molecular complexity index is 893. The molecule has 0 aliphatic carbocycles. The number of carboxylic acids is 1. The molecule has 0 spiro atoms. The maximum absolute atomic E-state index is 11.5. The summed E-state index contributed by atoms with van der Waals surface area (Å²) >= 11 is 0. The number of aromatic nitrogens is 2. The van der Waals surface area contributed by atoms with Crippen LogP contribution in [0.1, 0.15) is 5.56 Å². The molecule has 1 atom stereocenters. The maximum Gasteiger partial charge on any atom is 0.326 e. The largest absolute Gasteiger partial charge is 0.480 e. The Morgan fingerprint density at radius 3 is 2.58 bits per heavy atom. The van der Waals surface area contributed by atoms with Crippen LogP contribution in [0.15, 0.2) is 47.1 Å². The highest BCUT2D eigenvalue weighted by molar-refractivity contribution is 5.94. The highest BCUT2D eigenvalue weighted by Crippen LogP contribution is 2.29. The van der Waals surface area contributed by atoms with E-state index in [1.165, 1.54) is 12.1 Å². The minimum Gasteiger partial charge on any atom is -0.480 e. The third kappa shape index (κ3) is 3.00. The summed E-state index contributed by atoms with van der Waals surface area (Å²) < 4.78 is 4.56. The number of nitro benzene ring substituents is 1. The molecular weight excluding hydrogens is 316 g/mol. The van der Waals surface area contributed by atoms with Crippen molar-refractivity contribution in [2.45, 2.75) is 12.5 Å². The van der Waals surface area contributed by atoms with Gasteiger partial charge in [-0.1, -0.05) is 30.3 Å². The molecule has 0 saturated carbocycles. The zero-order chi connectivity index (χ0) is 17.1. The molecule has 3 aromatic rings. The van der Waals surface area contributed by atoms with E-state index in [0.717, 1.165) is 5.56 Å². The second kappa shape index (κ2) is 6.32. The van der Waals surface area contributed by atoms with E-state index in [1.54, 1.807) is 0 Å². The van der Waals surface area contributed by atoms with Crippen LogP contribution in [0.2, 0.25) is 0 Å². The van der Waals surface area contributed by atoms with Crippen molar-refractivity contribution in [3.05, 3.63) is 58.1 Å². The topological polar surface area (TPSA) is 131 Å². The van der Waals surface area contributed by atoms with Crippen molar-refractivity contribution < 1.29 is 19.5 Å². The number of aliphatic carboxylic acids is 1. The van der Waals surface area contributed by atoms with Gasteiger partial charge in [-0.2, -0.15) is 0 Å². The quantitative estimate of drug-likeness (QED) is 0.520. The predicted octanol–water partition coefficient (Wildman–Crippen LogP) is 2.24. The molecule has 0 aliphatic rings. The van der Waals surface area contributed by atoms with Crippen LogP contribution in [-0.2, 0) is 11.2 Å². The highest BCUT2D eigenvalue weighted by atomic mass is 16.6. The number of hydrogen-bond donors (Lipinski definition) is 2. The van der Waals surface area contributed by atoms with Gasteiger partial charge in [0.05, 0.1) is 10.6 Å². The van der Waals surface area contributed by atoms with Crippen LogP contribution in [0.3, 0.4) is 0 Å². The third-order valence-electron chi connectivity index (χ3n) is 3.50. The number of carbonyl (C=O) groups is 1. The first-order valence-corrected chi connectivity index (χ1v) is 6.99. The Balaban J connectivity index is 1.92. The Morgan fingerprint density at radius 1 is 1.21 bits per heavy atom. The molecule has 0 unspecified atom stereocenters. The Morgan fingerprint density at radius 2 is 1.92 bits per heavy atom. The van der Waals surface area contributed by atoms with E-state index in [0.29, 0.717) is 5.69 Å². The second-order valence-electron chi connectivity index (χ2n) is 5.08. The summed E-state index contributed by atoms with van der Waals surface area (Å²) in [4.78, 5) is 21.9. The number of hydrogen-bond acceptors (Lipinski definition) is 7. The number of benzene rings is 2. The van der Waals surface area contributed by atoms with E-state index < -0.39 is 16.9 Å². The average molecular weight is 328 g/mol. The van der Waals surface area contributed by atoms with Crippen LogP contribution in [0.25, 0.3) is 11.0 Å². The van der Waals surface area contributed by atoms with E-state index in [9.17, 15) is 20.0 Å². The van der Waals surface area contributed by atoms with Crippen LogP contribution in [0.5, 0.6) is 0 Å². The minimum absolute atomic E-state index is 0.0335. The Hall–Kier alpha value is -3.49. The molecule has 0 bridgehead atoms. The third-order valence-corrected chi connectivity index (χ3v) is 3.50. The Kier molecular flexibility index (Phi) is 4.06. The zero-order valence-electron chi connectivity index (χ0n) is 12.2. The fourth-order valence-electron chi connectivity index (χ4n) is 2.35. The summed E-state index contributed by atoms with van der Waals surface area (Å²) in [6, 6.07) is 10.8. The molecule has 1 heterocycles. The fraction of sp³-hybridized carbons (Fsp3) is 0.133. The van der Waals surface area contributed by atoms with Crippen molar-refractivity contribution in [1.82, 2.24) is 10.3 Å². The molecule has 0 saturated heterocycles. The summed E-state index contributed by atoms with van der Waals surface area (Å²) in [6.07, 6.45) is 0.236. The second-order valence-corrected chi connectivity index (χ2v) is 5.08. The van der Waals surface area contributed by atoms with Gasteiger partial charge in [0, 0.05) is 12.5 Å². The molecule has 2 N–H and O–H groups in total. The number of non-ortho nitro benzene ring substituents is 1. The number of fused-ring (bicyclic) bond motifs is 1. The number of nitrogens with one attached hydrogen (secondary N) is 1. The molecule has 0 fully saturated rings. The highest BCUT2D eigenvalue weighted by Gasteiger charge is 2.23. The van der Waals surface area contributed by atoms with Gasteiger partial charge in [-0.05, 0) is 21.9 Å². The lowest BCUT2D eigenvalue weighted by Crippen LogP contribution is -2.31. The van der Waals surface area contributed by atoms with E-state index in [1.807, 2.05) is 30.3 Å². The molecular formula is C15H12N4O5. The zero-order valence-corrected chi connectivity index (χ0v) is 12.2. The summed E-state index contributed by atoms with van der Waals surface area (Å²) in [5, 5.41) is 30.4. The van der Waals surface area contributed by atoms with Crippen LogP contribution in [-0.4, -0.2) is 32.4 Å². The van der Waals surface area contributed by atoms with Crippen molar-refractivity contribution >= 4 is 28.4 Å². The summed E-state index contributed by atoms with van der Waals surface area (Å²) in [5.41, 5.74) is 0.970. The molecule has 122 valence electrons. The first-order valence-electron chi connectivity index (χ1n) is 6.99. The van der Waals surface area contributed by atoms with Crippen molar-refractivity contribution in [2.75, 3.05) is 5.32 Å². The number of anilines is 1. The predicted molar refractivity (Wildman–Crippen MR) is 83.7 cm³/mol. The summed E-state index contributed by atoms with van der Waals surface area (Å²) in [7, 11) is 0. The van der Waals surface area contributed by atoms with Crippen LogP contribution in [0.4, 0.5) is 11.4 Å². The minimum atomic E-state index is -1.05. The molecule has 3 rings (SSSR count). The number of carboxylic acid groups (broad SMARTS) is 1. The Labute approximate surface area is 135 Å². The van der Waals surface area contributed by atoms with E-state index >= 15 is 0 Å².